The van der Waals surface area contributed by atoms with Gasteiger partial charge in [-0.25, -0.2) is 0 Å². The Bertz CT molecular complexity index is 213. The maximum absolute atomic E-state index is 12.2. The van der Waals surface area contributed by atoms with Crippen molar-refractivity contribution in [2.75, 3.05) is 6.54 Å². The van der Waals surface area contributed by atoms with Crippen molar-refractivity contribution in [3.8, 4) is 0 Å². The number of rotatable bonds is 3. The summed E-state index contributed by atoms with van der Waals surface area (Å²) in [5.41, 5.74) is -1.40. The lowest BCUT2D eigenvalue weighted by atomic mass is 9.79. The van der Waals surface area contributed by atoms with Crippen LogP contribution in [0, 0.1) is 0 Å². The maximum Gasteiger partial charge on any atom is 0.318 e. The van der Waals surface area contributed by atoms with Gasteiger partial charge in [0.25, 0.3) is 5.91 Å². The highest BCUT2D eigenvalue weighted by atomic mass is 79.9. The first-order valence-corrected chi connectivity index (χ1v) is 4.70. The molecule has 1 aliphatic carbocycles. The summed E-state index contributed by atoms with van der Waals surface area (Å²) in [6.45, 7) is -0.797. The van der Waals surface area contributed by atoms with Gasteiger partial charge in [-0.2, -0.15) is 8.78 Å². The van der Waals surface area contributed by atoms with Gasteiger partial charge >= 0.3 is 4.83 Å². The molecule has 0 radical (unpaired) electrons. The van der Waals surface area contributed by atoms with Gasteiger partial charge in [0.2, 0.25) is 0 Å². The average Bonchev–Trinajstić information content (AvgIpc) is 1.94. The lowest BCUT2D eigenvalue weighted by molar-refractivity contribution is -0.149. The van der Waals surface area contributed by atoms with E-state index >= 15 is 0 Å². The molecule has 3 nitrogen and oxygen atoms in total. The average molecular weight is 258 g/mol. The summed E-state index contributed by atoms with van der Waals surface area (Å²) in [7, 11) is 0. The third-order valence-corrected chi connectivity index (χ3v) is 2.33. The smallest absolute Gasteiger partial charge is 0.318 e. The first kappa shape index (κ1) is 10.8. The monoisotopic (exact) mass is 257 g/mol. The normalized spacial score (nSPS) is 20.6. The molecule has 0 heterocycles. The molecule has 1 fully saturated rings. The second kappa shape index (κ2) is 3.49. The highest BCUT2D eigenvalue weighted by Crippen LogP contribution is 2.31. The molecular weight excluding hydrogens is 248 g/mol. The van der Waals surface area contributed by atoms with E-state index in [0.29, 0.717) is 12.8 Å². The number of alkyl halides is 3. The summed E-state index contributed by atoms with van der Waals surface area (Å²) in [6, 6.07) is 0. The molecule has 13 heavy (non-hydrogen) atoms. The van der Waals surface area contributed by atoms with E-state index < -0.39 is 22.9 Å². The molecule has 0 aliphatic heterocycles. The zero-order valence-corrected chi connectivity index (χ0v) is 8.40. The second-order valence-corrected chi connectivity index (χ2v) is 4.34. The van der Waals surface area contributed by atoms with Gasteiger partial charge < -0.3 is 10.4 Å². The second-order valence-electron chi connectivity index (χ2n) is 3.18. The number of aliphatic hydroxyl groups is 1. The Labute approximate surface area is 82.6 Å². The van der Waals surface area contributed by atoms with E-state index in [2.05, 4.69) is 15.9 Å². The van der Waals surface area contributed by atoms with Gasteiger partial charge in [-0.05, 0) is 35.2 Å². The lowest BCUT2D eigenvalue weighted by Crippen LogP contribution is -2.53. The predicted molar refractivity (Wildman–Crippen MR) is 45.7 cm³/mol. The first-order valence-electron chi connectivity index (χ1n) is 3.91. The fourth-order valence-corrected chi connectivity index (χ4v) is 1.22. The topological polar surface area (TPSA) is 49.3 Å². The standard InChI is InChI=1S/C7H10BrF2NO2/c8-7(9,10)4-11-5(12)6(13)2-1-3-6/h13H,1-4H2,(H,11,12). The summed E-state index contributed by atoms with van der Waals surface area (Å²) in [4.78, 5) is 7.97. The van der Waals surface area contributed by atoms with Gasteiger partial charge in [-0.15, -0.1) is 0 Å². The molecule has 0 unspecified atom stereocenters. The Morgan fingerprint density at radius 1 is 1.62 bits per heavy atom. The van der Waals surface area contributed by atoms with Gasteiger partial charge in [-0.1, -0.05) is 0 Å². The van der Waals surface area contributed by atoms with E-state index in [1.54, 1.807) is 0 Å². The number of hydrogen-bond acceptors (Lipinski definition) is 2. The minimum atomic E-state index is -3.11. The molecule has 0 spiro atoms. The molecule has 76 valence electrons. The molecule has 1 saturated carbocycles. The van der Waals surface area contributed by atoms with Gasteiger partial charge in [0.1, 0.15) is 5.60 Å². The zero-order valence-electron chi connectivity index (χ0n) is 6.82. The Balaban J connectivity index is 2.34. The van der Waals surface area contributed by atoms with Crippen LogP contribution in [0.1, 0.15) is 19.3 Å². The molecule has 1 aliphatic rings. The quantitative estimate of drug-likeness (QED) is 0.742. The Hall–Kier alpha value is -0.230. The molecule has 0 atom stereocenters. The van der Waals surface area contributed by atoms with Crippen LogP contribution in [0.25, 0.3) is 0 Å². The largest absolute Gasteiger partial charge is 0.380 e. The summed E-state index contributed by atoms with van der Waals surface area (Å²) in [6.07, 6.45) is 1.47. The summed E-state index contributed by atoms with van der Waals surface area (Å²) >= 11 is 2.08. The van der Waals surface area contributed by atoms with Crippen molar-refractivity contribution in [2.24, 2.45) is 0 Å². The molecule has 0 saturated heterocycles. The van der Waals surface area contributed by atoms with Gasteiger partial charge in [0, 0.05) is 0 Å². The maximum atomic E-state index is 12.2. The van der Waals surface area contributed by atoms with Gasteiger partial charge in [0.15, 0.2) is 0 Å². The third kappa shape index (κ3) is 2.87. The fraction of sp³-hybridized carbons (Fsp3) is 0.857. The van der Waals surface area contributed by atoms with Crippen LogP contribution in [0.3, 0.4) is 0 Å². The lowest BCUT2D eigenvalue weighted by Gasteiger charge is -2.34. The zero-order chi connectivity index (χ0) is 10.1. The van der Waals surface area contributed by atoms with E-state index in [0.717, 1.165) is 6.42 Å². The highest BCUT2D eigenvalue weighted by molar-refractivity contribution is 9.10. The number of nitrogens with one attached hydrogen (secondary N) is 1. The Morgan fingerprint density at radius 3 is 2.46 bits per heavy atom. The third-order valence-electron chi connectivity index (χ3n) is 2.05. The van der Waals surface area contributed by atoms with E-state index in [1.807, 2.05) is 5.32 Å². The highest BCUT2D eigenvalue weighted by Gasteiger charge is 2.42. The van der Waals surface area contributed by atoms with Crippen molar-refractivity contribution in [3.05, 3.63) is 0 Å². The van der Waals surface area contributed by atoms with Crippen LogP contribution in [0.5, 0.6) is 0 Å². The molecule has 1 amide bonds. The summed E-state index contributed by atoms with van der Waals surface area (Å²) in [5, 5.41) is 11.4. The van der Waals surface area contributed by atoms with Crippen LogP contribution >= 0.6 is 15.9 Å². The van der Waals surface area contributed by atoms with Crippen molar-refractivity contribution in [1.29, 1.82) is 0 Å². The van der Waals surface area contributed by atoms with Gasteiger partial charge in [-0.3, -0.25) is 4.79 Å². The minimum Gasteiger partial charge on any atom is -0.380 e. The molecular formula is C7H10BrF2NO2. The SMILES string of the molecule is O=C(NCC(F)(F)Br)C1(O)CCC1. The van der Waals surface area contributed by atoms with Crippen molar-refractivity contribution < 1.29 is 18.7 Å². The number of hydrogen-bond donors (Lipinski definition) is 2. The number of amides is 1. The van der Waals surface area contributed by atoms with Crippen molar-refractivity contribution in [2.45, 2.75) is 29.7 Å². The molecule has 6 heteroatoms. The van der Waals surface area contributed by atoms with E-state index in [-0.39, 0.29) is 0 Å². The molecule has 0 bridgehead atoms. The summed E-state index contributed by atoms with van der Waals surface area (Å²) < 4.78 is 24.4. The van der Waals surface area contributed by atoms with E-state index in [4.69, 9.17) is 0 Å². The molecule has 1 rings (SSSR count). The van der Waals surface area contributed by atoms with Crippen LogP contribution in [0.2, 0.25) is 0 Å². The Kier molecular flexibility index (Phi) is 2.91. The van der Waals surface area contributed by atoms with Crippen molar-refractivity contribution >= 4 is 21.8 Å². The summed E-state index contributed by atoms with van der Waals surface area (Å²) in [5.74, 6) is -0.710. The van der Waals surface area contributed by atoms with Crippen LogP contribution in [-0.2, 0) is 4.79 Å². The molecule has 2 N–H and O–H groups in total. The van der Waals surface area contributed by atoms with Crippen LogP contribution in [0.4, 0.5) is 8.78 Å². The molecule has 0 aromatic carbocycles. The minimum absolute atomic E-state index is 0.354. The number of carbonyl (C=O) groups excluding carboxylic acids is 1. The van der Waals surface area contributed by atoms with E-state index in [9.17, 15) is 18.7 Å². The van der Waals surface area contributed by atoms with Crippen LogP contribution < -0.4 is 5.32 Å². The number of carbonyl (C=O) groups is 1. The number of halogens is 3. The van der Waals surface area contributed by atoms with Gasteiger partial charge in [0.05, 0.1) is 6.54 Å². The molecule has 0 aromatic heterocycles. The fourth-order valence-electron chi connectivity index (χ4n) is 1.08. The molecule has 0 aromatic rings. The first-order chi connectivity index (χ1) is 5.83. The van der Waals surface area contributed by atoms with E-state index in [1.165, 1.54) is 0 Å². The van der Waals surface area contributed by atoms with Crippen molar-refractivity contribution in [1.82, 2.24) is 5.32 Å². The van der Waals surface area contributed by atoms with Crippen LogP contribution in [0.15, 0.2) is 0 Å². The van der Waals surface area contributed by atoms with Crippen LogP contribution in [-0.4, -0.2) is 28.0 Å². The van der Waals surface area contributed by atoms with Crippen molar-refractivity contribution in [3.63, 3.8) is 0 Å². The Morgan fingerprint density at radius 2 is 2.15 bits per heavy atom. The predicted octanol–water partition coefficient (Wildman–Crippen LogP) is 1.01.